The van der Waals surface area contributed by atoms with E-state index < -0.39 is 16.1 Å². The summed E-state index contributed by atoms with van der Waals surface area (Å²) in [7, 11) is -0.539. The van der Waals surface area contributed by atoms with E-state index in [0.717, 1.165) is 28.3 Å². The van der Waals surface area contributed by atoms with E-state index in [4.69, 9.17) is 4.74 Å². The summed E-state index contributed by atoms with van der Waals surface area (Å²) in [6.45, 7) is 4.17. The maximum Gasteiger partial charge on any atom is 0.243 e. The standard InChI is InChI=1S/C22H30N2O4S/c1-16(2)15-20(17-11-13-19(28-4)14-12-17)23-22(25)21(24(3)29(5,26)27)18-9-7-6-8-10-18/h6-14,16,20-21H,15H2,1-5H3,(H,23,25)/t20-,21-/m1/s1. The zero-order chi connectivity index (χ0) is 21.6. The Balaban J connectivity index is 2.36. The van der Waals surface area contributed by atoms with Crippen LogP contribution in [-0.2, 0) is 14.8 Å². The first-order valence-corrected chi connectivity index (χ1v) is 11.4. The molecule has 0 aliphatic rings. The van der Waals surface area contributed by atoms with Crippen molar-refractivity contribution in [2.45, 2.75) is 32.4 Å². The zero-order valence-corrected chi connectivity index (χ0v) is 18.4. The summed E-state index contributed by atoms with van der Waals surface area (Å²) < 4.78 is 30.7. The summed E-state index contributed by atoms with van der Waals surface area (Å²) in [5.41, 5.74) is 1.57. The molecule has 2 rings (SSSR count). The molecule has 158 valence electrons. The summed E-state index contributed by atoms with van der Waals surface area (Å²) in [4.78, 5) is 13.3. The number of nitrogens with zero attached hydrogens (tertiary/aromatic N) is 1. The number of sulfonamides is 1. The Morgan fingerprint density at radius 2 is 1.62 bits per heavy atom. The molecule has 6 nitrogen and oxygen atoms in total. The molecule has 0 spiro atoms. The number of hydrogen-bond donors (Lipinski definition) is 1. The van der Waals surface area contributed by atoms with Crippen LogP contribution in [0, 0.1) is 5.92 Å². The molecule has 2 atom stereocenters. The number of hydrogen-bond acceptors (Lipinski definition) is 4. The van der Waals surface area contributed by atoms with Gasteiger partial charge in [-0.1, -0.05) is 56.3 Å². The molecule has 0 radical (unpaired) electrons. The first-order valence-electron chi connectivity index (χ1n) is 9.55. The predicted octanol–water partition coefficient (Wildman–Crippen LogP) is 3.53. The molecule has 0 unspecified atom stereocenters. The fourth-order valence-corrected chi connectivity index (χ4v) is 3.79. The average molecular weight is 419 g/mol. The lowest BCUT2D eigenvalue weighted by Crippen LogP contribution is -2.42. The number of carbonyl (C=O) groups excluding carboxylic acids is 1. The number of ether oxygens (including phenoxy) is 1. The van der Waals surface area contributed by atoms with Crippen molar-refractivity contribution in [3.63, 3.8) is 0 Å². The fourth-order valence-electron chi connectivity index (χ4n) is 3.19. The lowest BCUT2D eigenvalue weighted by Gasteiger charge is -2.29. The highest BCUT2D eigenvalue weighted by Gasteiger charge is 2.32. The SMILES string of the molecule is COc1ccc([C@@H](CC(C)C)NC(=O)[C@@H](c2ccccc2)N(C)S(C)(=O)=O)cc1. The van der Waals surface area contributed by atoms with E-state index in [1.165, 1.54) is 7.05 Å². The van der Waals surface area contributed by atoms with Gasteiger partial charge in [0.2, 0.25) is 15.9 Å². The number of likely N-dealkylation sites (N-methyl/N-ethyl adjacent to an activating group) is 1. The fraction of sp³-hybridized carbons (Fsp3) is 0.409. The van der Waals surface area contributed by atoms with E-state index in [-0.39, 0.29) is 11.9 Å². The second-order valence-electron chi connectivity index (χ2n) is 7.56. The van der Waals surface area contributed by atoms with Crippen LogP contribution in [0.2, 0.25) is 0 Å². The third-order valence-electron chi connectivity index (χ3n) is 4.79. The van der Waals surface area contributed by atoms with Gasteiger partial charge < -0.3 is 10.1 Å². The molecule has 7 heteroatoms. The van der Waals surface area contributed by atoms with Crippen molar-refractivity contribution in [1.82, 2.24) is 9.62 Å². The van der Waals surface area contributed by atoms with E-state index in [2.05, 4.69) is 19.2 Å². The Morgan fingerprint density at radius 1 is 1.03 bits per heavy atom. The van der Waals surface area contributed by atoms with Gasteiger partial charge in [-0.3, -0.25) is 4.79 Å². The van der Waals surface area contributed by atoms with Gasteiger partial charge in [0.1, 0.15) is 11.8 Å². The molecule has 0 aromatic heterocycles. The molecule has 0 aliphatic carbocycles. The van der Waals surface area contributed by atoms with Crippen molar-refractivity contribution in [1.29, 1.82) is 0 Å². The summed E-state index contributed by atoms with van der Waals surface area (Å²) in [6.07, 6.45) is 1.83. The molecule has 0 fully saturated rings. The van der Waals surface area contributed by atoms with Crippen molar-refractivity contribution in [3.8, 4) is 5.75 Å². The minimum absolute atomic E-state index is 0.243. The van der Waals surface area contributed by atoms with E-state index in [1.54, 1.807) is 31.4 Å². The smallest absolute Gasteiger partial charge is 0.243 e. The molecule has 0 heterocycles. The molecule has 0 aliphatic heterocycles. The second-order valence-corrected chi connectivity index (χ2v) is 9.60. The number of rotatable bonds is 9. The van der Waals surface area contributed by atoms with Crippen LogP contribution < -0.4 is 10.1 Å². The Kier molecular flexibility index (Phi) is 7.81. The minimum atomic E-state index is -3.57. The largest absolute Gasteiger partial charge is 0.497 e. The van der Waals surface area contributed by atoms with Gasteiger partial charge in [-0.05, 0) is 35.6 Å². The van der Waals surface area contributed by atoms with Gasteiger partial charge >= 0.3 is 0 Å². The molecule has 0 saturated heterocycles. The highest BCUT2D eigenvalue weighted by atomic mass is 32.2. The van der Waals surface area contributed by atoms with E-state index in [1.807, 2.05) is 30.3 Å². The van der Waals surface area contributed by atoms with Crippen molar-refractivity contribution < 1.29 is 17.9 Å². The van der Waals surface area contributed by atoms with Crippen LogP contribution in [0.5, 0.6) is 5.75 Å². The molecule has 1 amide bonds. The third-order valence-corrected chi connectivity index (χ3v) is 6.05. The van der Waals surface area contributed by atoms with Crippen LogP contribution in [0.1, 0.15) is 43.5 Å². The quantitative estimate of drug-likeness (QED) is 0.676. The Labute approximate surface area is 173 Å². The Hall–Kier alpha value is -2.38. The van der Waals surface area contributed by atoms with Crippen LogP contribution in [0.3, 0.4) is 0 Å². The van der Waals surface area contributed by atoms with Gasteiger partial charge in [-0.15, -0.1) is 0 Å². The average Bonchev–Trinajstić information content (AvgIpc) is 2.67. The number of amides is 1. The second kappa shape index (κ2) is 9.89. The van der Waals surface area contributed by atoms with Crippen LogP contribution in [0.25, 0.3) is 0 Å². The summed E-state index contributed by atoms with van der Waals surface area (Å²) >= 11 is 0. The van der Waals surface area contributed by atoms with Crippen LogP contribution in [0.15, 0.2) is 54.6 Å². The topological polar surface area (TPSA) is 75.7 Å². The van der Waals surface area contributed by atoms with Crippen molar-refractivity contribution in [2.75, 3.05) is 20.4 Å². The summed E-state index contributed by atoms with van der Waals surface area (Å²) in [5.74, 6) is 0.721. The van der Waals surface area contributed by atoms with Crippen LogP contribution >= 0.6 is 0 Å². The molecular formula is C22H30N2O4S. The van der Waals surface area contributed by atoms with Crippen LogP contribution in [-0.4, -0.2) is 39.0 Å². The Morgan fingerprint density at radius 3 is 2.10 bits per heavy atom. The van der Waals surface area contributed by atoms with Gasteiger partial charge in [-0.25, -0.2) is 8.42 Å². The molecule has 2 aromatic rings. The van der Waals surface area contributed by atoms with Crippen LogP contribution in [0.4, 0.5) is 0 Å². The summed E-state index contributed by atoms with van der Waals surface area (Å²) in [5, 5.41) is 3.07. The minimum Gasteiger partial charge on any atom is -0.497 e. The maximum atomic E-state index is 13.3. The van der Waals surface area contributed by atoms with E-state index in [0.29, 0.717) is 11.5 Å². The van der Waals surface area contributed by atoms with Crippen molar-refractivity contribution in [3.05, 3.63) is 65.7 Å². The molecular weight excluding hydrogens is 388 g/mol. The molecule has 29 heavy (non-hydrogen) atoms. The Bertz CT molecular complexity index is 896. The van der Waals surface area contributed by atoms with E-state index >= 15 is 0 Å². The lowest BCUT2D eigenvalue weighted by molar-refractivity contribution is -0.125. The van der Waals surface area contributed by atoms with Crippen molar-refractivity contribution >= 4 is 15.9 Å². The maximum absolute atomic E-state index is 13.3. The van der Waals surface area contributed by atoms with Gasteiger partial charge in [0.25, 0.3) is 0 Å². The monoisotopic (exact) mass is 418 g/mol. The highest BCUT2D eigenvalue weighted by Crippen LogP contribution is 2.27. The molecule has 1 N–H and O–H groups in total. The van der Waals surface area contributed by atoms with Crippen molar-refractivity contribution in [2.24, 2.45) is 5.92 Å². The molecule has 2 aromatic carbocycles. The normalized spacial score (nSPS) is 13.9. The summed E-state index contributed by atoms with van der Waals surface area (Å²) in [6, 6.07) is 15.3. The van der Waals surface area contributed by atoms with Gasteiger partial charge in [0.15, 0.2) is 0 Å². The van der Waals surface area contributed by atoms with Gasteiger partial charge in [0.05, 0.1) is 19.4 Å². The first kappa shape index (κ1) is 22.9. The lowest BCUT2D eigenvalue weighted by atomic mass is 9.96. The third kappa shape index (κ3) is 6.30. The van der Waals surface area contributed by atoms with E-state index in [9.17, 15) is 13.2 Å². The molecule has 0 bridgehead atoms. The number of methoxy groups -OCH3 is 1. The zero-order valence-electron chi connectivity index (χ0n) is 17.6. The van der Waals surface area contributed by atoms with Gasteiger partial charge in [-0.2, -0.15) is 4.31 Å². The molecule has 0 saturated carbocycles. The first-order chi connectivity index (χ1) is 13.6. The highest BCUT2D eigenvalue weighted by molar-refractivity contribution is 7.88. The number of benzene rings is 2. The van der Waals surface area contributed by atoms with Gasteiger partial charge in [0, 0.05) is 7.05 Å². The predicted molar refractivity (Wildman–Crippen MR) is 115 cm³/mol. The number of nitrogens with one attached hydrogen (secondary N) is 1. The number of carbonyl (C=O) groups is 1.